The van der Waals surface area contributed by atoms with E-state index in [9.17, 15) is 13.2 Å². The van der Waals surface area contributed by atoms with Crippen molar-refractivity contribution >= 4 is 54.8 Å². The lowest BCUT2D eigenvalue weighted by molar-refractivity contribution is -0.0440. The summed E-state index contributed by atoms with van der Waals surface area (Å²) in [5.74, 6) is 0.530. The van der Waals surface area contributed by atoms with E-state index in [2.05, 4.69) is 45.8 Å². The molecule has 0 bridgehead atoms. The maximum absolute atomic E-state index is 13.2. The van der Waals surface area contributed by atoms with Gasteiger partial charge in [-0.1, -0.05) is 77.7 Å². The molecule has 1 N–H and O–H groups in total. The summed E-state index contributed by atoms with van der Waals surface area (Å²) in [7, 11) is -3.73. The number of rotatable bonds is 9. The molecule has 1 aliphatic rings. The quantitative estimate of drug-likeness (QED) is 0.220. The molecule has 0 aliphatic carbocycles. The van der Waals surface area contributed by atoms with Crippen LogP contribution in [0.4, 0.5) is 5.13 Å². The number of sulfonamides is 1. The van der Waals surface area contributed by atoms with E-state index in [-0.39, 0.29) is 42.5 Å². The monoisotopic (exact) mass is 568 g/mol. The van der Waals surface area contributed by atoms with Crippen molar-refractivity contribution in [3.8, 4) is 0 Å². The van der Waals surface area contributed by atoms with Gasteiger partial charge in [0, 0.05) is 24.4 Å². The Morgan fingerprint density at radius 2 is 1.79 bits per heavy atom. The second kappa shape index (κ2) is 11.5. The van der Waals surface area contributed by atoms with Gasteiger partial charge in [0.05, 0.1) is 23.6 Å². The Hall–Kier alpha value is -2.83. The van der Waals surface area contributed by atoms with E-state index in [1.807, 2.05) is 26.0 Å². The number of nitrogens with one attached hydrogen (secondary N) is 1. The molecule has 1 aliphatic heterocycles. The van der Waals surface area contributed by atoms with E-state index in [4.69, 9.17) is 4.74 Å². The molecule has 1 aromatic heterocycles. The molecule has 1 saturated heterocycles. The highest BCUT2D eigenvalue weighted by atomic mass is 32.2. The number of fused-ring (bicyclic) bond motifs is 1. The first-order valence-corrected chi connectivity index (χ1v) is 15.5. The predicted molar refractivity (Wildman–Crippen MR) is 151 cm³/mol. The fraction of sp³-hybridized carbons (Fsp3) is 0.296. The number of ketones is 1. The third kappa shape index (κ3) is 6.08. The number of aromatic nitrogens is 2. The van der Waals surface area contributed by atoms with Crippen molar-refractivity contribution in [3.05, 3.63) is 77.9 Å². The zero-order chi connectivity index (χ0) is 26.7. The van der Waals surface area contributed by atoms with Gasteiger partial charge < -0.3 is 10.1 Å². The van der Waals surface area contributed by atoms with Crippen LogP contribution in [0, 0.1) is 0 Å². The number of benzene rings is 3. The molecule has 38 heavy (non-hydrogen) atoms. The van der Waals surface area contributed by atoms with Gasteiger partial charge >= 0.3 is 0 Å². The van der Waals surface area contributed by atoms with Crippen molar-refractivity contribution in [2.24, 2.45) is 0 Å². The molecule has 2 atom stereocenters. The third-order valence-corrected chi connectivity index (χ3v) is 10.1. The van der Waals surface area contributed by atoms with Gasteiger partial charge in [-0.15, -0.1) is 10.2 Å². The molecule has 8 nitrogen and oxygen atoms in total. The number of Topliss-reactive ketones (excluding diaryl/α,β-unsaturated/α-hetero) is 1. The molecule has 0 saturated carbocycles. The van der Waals surface area contributed by atoms with Crippen LogP contribution >= 0.6 is 23.1 Å². The molecule has 0 spiro atoms. The van der Waals surface area contributed by atoms with Crippen LogP contribution in [0.1, 0.15) is 29.8 Å². The van der Waals surface area contributed by atoms with E-state index >= 15 is 0 Å². The highest BCUT2D eigenvalue weighted by molar-refractivity contribution is 8.00. The van der Waals surface area contributed by atoms with Crippen LogP contribution in [0.5, 0.6) is 0 Å². The third-order valence-electron chi connectivity index (χ3n) is 6.22. The Balaban J connectivity index is 1.20. The minimum Gasteiger partial charge on any atom is -0.373 e. The molecular formula is C27H28N4O4S3. The van der Waals surface area contributed by atoms with Crippen LogP contribution < -0.4 is 5.32 Å². The molecule has 4 aromatic rings. The highest BCUT2D eigenvalue weighted by Gasteiger charge is 2.32. The Labute approximate surface area is 230 Å². The standard InChI is InChI=1S/C27H28N4O4S3/c1-18-15-31(16-19(2)35-18)38(33,34)23-11-6-9-21(13-23)25(32)14-28-26-29-30-27(37-26)36-17-22-10-5-8-20-7-3-4-12-24(20)22/h3-13,18-19H,14-17H2,1-2H3,(H,28,29). The summed E-state index contributed by atoms with van der Waals surface area (Å²) in [6.45, 7) is 4.25. The van der Waals surface area contributed by atoms with E-state index in [1.54, 1.807) is 23.9 Å². The maximum Gasteiger partial charge on any atom is 0.243 e. The molecule has 5 rings (SSSR count). The first kappa shape index (κ1) is 26.8. The second-order valence-electron chi connectivity index (χ2n) is 9.18. The molecule has 1 fully saturated rings. The van der Waals surface area contributed by atoms with Crippen molar-refractivity contribution < 1.29 is 17.9 Å². The average molecular weight is 569 g/mol. The first-order chi connectivity index (χ1) is 18.3. The minimum absolute atomic E-state index is 0.0161. The van der Waals surface area contributed by atoms with Crippen LogP contribution in [0.2, 0.25) is 0 Å². The molecule has 11 heteroatoms. The van der Waals surface area contributed by atoms with Gasteiger partial charge in [0.1, 0.15) is 0 Å². The number of thioether (sulfide) groups is 1. The Bertz CT molecular complexity index is 1540. The zero-order valence-electron chi connectivity index (χ0n) is 21.0. The van der Waals surface area contributed by atoms with Crippen molar-refractivity contribution in [2.45, 2.75) is 41.0 Å². The largest absolute Gasteiger partial charge is 0.373 e. The summed E-state index contributed by atoms with van der Waals surface area (Å²) in [4.78, 5) is 13.0. The van der Waals surface area contributed by atoms with Gasteiger partial charge in [-0.25, -0.2) is 8.42 Å². The lowest BCUT2D eigenvalue weighted by atomic mass is 10.1. The predicted octanol–water partition coefficient (Wildman–Crippen LogP) is 5.08. The highest BCUT2D eigenvalue weighted by Crippen LogP contribution is 2.31. The number of ether oxygens (including phenoxy) is 1. The first-order valence-electron chi connectivity index (χ1n) is 12.3. The fourth-order valence-electron chi connectivity index (χ4n) is 4.46. The number of morpholine rings is 1. The van der Waals surface area contributed by atoms with Gasteiger partial charge in [-0.2, -0.15) is 4.31 Å². The summed E-state index contributed by atoms with van der Waals surface area (Å²) < 4.78 is 34.3. The van der Waals surface area contributed by atoms with E-state index in [0.717, 1.165) is 10.1 Å². The van der Waals surface area contributed by atoms with Crippen LogP contribution in [-0.4, -0.2) is 60.5 Å². The summed E-state index contributed by atoms with van der Waals surface area (Å²) in [6, 6.07) is 20.7. The minimum atomic E-state index is -3.73. The number of anilines is 1. The molecular weight excluding hydrogens is 541 g/mol. The smallest absolute Gasteiger partial charge is 0.243 e. The number of nitrogens with zero attached hydrogens (tertiary/aromatic N) is 3. The molecule has 2 unspecified atom stereocenters. The van der Waals surface area contributed by atoms with Crippen LogP contribution in [-0.2, 0) is 20.5 Å². The average Bonchev–Trinajstić information content (AvgIpc) is 3.38. The number of carbonyl (C=O) groups excluding carboxylic acids is 1. The van der Waals surface area contributed by atoms with E-state index < -0.39 is 10.0 Å². The van der Waals surface area contributed by atoms with Gasteiger partial charge in [-0.05, 0) is 42.3 Å². The van der Waals surface area contributed by atoms with Crippen molar-refractivity contribution in [1.29, 1.82) is 0 Å². The summed E-state index contributed by atoms with van der Waals surface area (Å²) >= 11 is 2.98. The maximum atomic E-state index is 13.2. The van der Waals surface area contributed by atoms with Crippen LogP contribution in [0.3, 0.4) is 0 Å². The second-order valence-corrected chi connectivity index (χ2v) is 13.3. The number of hydrogen-bond donors (Lipinski definition) is 1. The van der Waals surface area contributed by atoms with Crippen LogP contribution in [0.15, 0.2) is 76.0 Å². The Morgan fingerprint density at radius 1 is 1.05 bits per heavy atom. The fourth-order valence-corrected chi connectivity index (χ4v) is 7.85. The number of hydrogen-bond acceptors (Lipinski definition) is 9. The topological polar surface area (TPSA) is 101 Å². The molecule has 0 amide bonds. The van der Waals surface area contributed by atoms with E-state index in [1.165, 1.54) is 44.1 Å². The lowest BCUT2D eigenvalue weighted by Gasteiger charge is -2.34. The molecule has 2 heterocycles. The lowest BCUT2D eigenvalue weighted by Crippen LogP contribution is -2.48. The number of carbonyl (C=O) groups is 1. The molecule has 0 radical (unpaired) electrons. The summed E-state index contributed by atoms with van der Waals surface area (Å²) in [6.07, 6.45) is -0.380. The van der Waals surface area contributed by atoms with Gasteiger partial charge in [0.25, 0.3) is 0 Å². The summed E-state index contributed by atoms with van der Waals surface area (Å²) in [5, 5.41) is 14.4. The normalized spacial score (nSPS) is 18.5. The SMILES string of the molecule is CC1CN(S(=O)(=O)c2cccc(C(=O)CNc3nnc(SCc4cccc5ccccc45)s3)c2)CC(C)O1. The Kier molecular flexibility index (Phi) is 8.10. The van der Waals surface area contributed by atoms with Gasteiger partial charge in [0.2, 0.25) is 15.2 Å². The molecule has 3 aromatic carbocycles. The van der Waals surface area contributed by atoms with Gasteiger partial charge in [-0.3, -0.25) is 4.79 Å². The van der Waals surface area contributed by atoms with Crippen LogP contribution in [0.25, 0.3) is 10.8 Å². The van der Waals surface area contributed by atoms with E-state index in [0.29, 0.717) is 10.7 Å². The van der Waals surface area contributed by atoms with Crippen molar-refractivity contribution in [3.63, 3.8) is 0 Å². The molecule has 198 valence electrons. The zero-order valence-corrected chi connectivity index (χ0v) is 23.5. The van der Waals surface area contributed by atoms with Crippen molar-refractivity contribution in [1.82, 2.24) is 14.5 Å². The summed E-state index contributed by atoms with van der Waals surface area (Å²) in [5.41, 5.74) is 1.55. The Morgan fingerprint density at radius 3 is 2.61 bits per heavy atom. The van der Waals surface area contributed by atoms with Gasteiger partial charge in [0.15, 0.2) is 10.1 Å². The van der Waals surface area contributed by atoms with Crippen molar-refractivity contribution in [2.75, 3.05) is 25.0 Å².